The predicted octanol–water partition coefficient (Wildman–Crippen LogP) is 1.51. The minimum Gasteiger partial charge on any atom is -0.305 e. The molecule has 1 aromatic heterocycles. The van der Waals surface area contributed by atoms with Crippen LogP contribution in [-0.4, -0.2) is 44.7 Å². The van der Waals surface area contributed by atoms with E-state index in [9.17, 15) is 21.6 Å². The highest BCUT2D eigenvalue weighted by Gasteiger charge is 2.35. The fraction of sp³-hybridized carbons (Fsp3) is 0.238. The topological polar surface area (TPSA) is 132 Å². The first kappa shape index (κ1) is 23.3. The number of aromatic nitrogens is 1. The summed E-state index contributed by atoms with van der Waals surface area (Å²) in [5, 5.41) is 5.20. The number of amides is 1. The van der Waals surface area contributed by atoms with E-state index in [0.717, 1.165) is 24.2 Å². The molecule has 1 fully saturated rings. The maximum absolute atomic E-state index is 12.8. The van der Waals surface area contributed by atoms with E-state index in [-0.39, 0.29) is 32.7 Å². The highest BCUT2D eigenvalue weighted by atomic mass is 32.2. The number of hydrogen-bond donors (Lipinski definition) is 1. The maximum atomic E-state index is 12.8. The molecule has 172 valence electrons. The fourth-order valence-corrected chi connectivity index (χ4v) is 6.38. The number of benzene rings is 2. The zero-order valence-electron chi connectivity index (χ0n) is 17.5. The van der Waals surface area contributed by atoms with Crippen LogP contribution in [-0.2, 0) is 26.6 Å². The molecule has 0 bridgehead atoms. The van der Waals surface area contributed by atoms with Crippen molar-refractivity contribution >= 4 is 47.5 Å². The molecule has 9 nitrogen and oxygen atoms in total. The maximum Gasteiger partial charge on any atom is 0.279 e. The molecule has 2 N–H and O–H groups in total. The summed E-state index contributed by atoms with van der Waals surface area (Å²) in [5.74, 6) is 1.91. The molecule has 4 rings (SSSR count). The molecule has 0 spiro atoms. The van der Waals surface area contributed by atoms with Gasteiger partial charge in [-0.25, -0.2) is 22.0 Å². The van der Waals surface area contributed by atoms with Gasteiger partial charge in [0, 0.05) is 18.7 Å². The number of fused-ring (bicyclic) bond motifs is 1. The Morgan fingerprint density at radius 2 is 1.82 bits per heavy atom. The zero-order chi connectivity index (χ0) is 24.0. The van der Waals surface area contributed by atoms with Crippen molar-refractivity contribution < 1.29 is 21.6 Å². The molecule has 1 aliphatic rings. The number of primary sulfonamides is 1. The summed E-state index contributed by atoms with van der Waals surface area (Å²) in [6.07, 6.45) is 7.15. The van der Waals surface area contributed by atoms with Gasteiger partial charge in [-0.05, 0) is 55.3 Å². The van der Waals surface area contributed by atoms with E-state index in [1.54, 1.807) is 17.7 Å². The molecule has 2 aromatic carbocycles. The molecule has 1 saturated carbocycles. The van der Waals surface area contributed by atoms with E-state index in [1.807, 2.05) is 0 Å². The first-order chi connectivity index (χ1) is 15.5. The van der Waals surface area contributed by atoms with Crippen LogP contribution in [0.4, 0.5) is 0 Å². The van der Waals surface area contributed by atoms with E-state index in [2.05, 4.69) is 10.9 Å². The molecular formula is C21H20N4O5S3. The van der Waals surface area contributed by atoms with Crippen LogP contribution in [0.3, 0.4) is 0 Å². The van der Waals surface area contributed by atoms with Gasteiger partial charge in [0.25, 0.3) is 5.91 Å². The van der Waals surface area contributed by atoms with Crippen LogP contribution in [0.25, 0.3) is 10.2 Å². The van der Waals surface area contributed by atoms with Crippen LogP contribution in [0, 0.1) is 12.3 Å². The smallest absolute Gasteiger partial charge is 0.279 e. The van der Waals surface area contributed by atoms with E-state index in [1.165, 1.54) is 40.7 Å². The third-order valence-corrected chi connectivity index (χ3v) is 9.15. The number of carbonyl (C=O) groups is 1. The van der Waals surface area contributed by atoms with Gasteiger partial charge in [-0.2, -0.15) is 9.30 Å². The number of hydrogen-bond acceptors (Lipinski definition) is 6. The largest absolute Gasteiger partial charge is 0.305 e. The van der Waals surface area contributed by atoms with Gasteiger partial charge >= 0.3 is 0 Å². The van der Waals surface area contributed by atoms with Gasteiger partial charge in [-0.15, -0.1) is 6.42 Å². The highest BCUT2D eigenvalue weighted by molar-refractivity contribution is 7.89. The molecule has 1 aliphatic carbocycles. The number of rotatable bonds is 6. The van der Waals surface area contributed by atoms with E-state index in [0.29, 0.717) is 10.2 Å². The number of sulfonamides is 2. The molecule has 0 radical (unpaired) electrons. The van der Waals surface area contributed by atoms with Crippen molar-refractivity contribution in [3.63, 3.8) is 0 Å². The lowest BCUT2D eigenvalue weighted by molar-refractivity contribution is 0.0997. The normalized spacial score (nSPS) is 15.2. The summed E-state index contributed by atoms with van der Waals surface area (Å²) in [7, 11) is -5.96. The van der Waals surface area contributed by atoms with Crippen molar-refractivity contribution in [1.82, 2.24) is 8.87 Å². The predicted molar refractivity (Wildman–Crippen MR) is 124 cm³/mol. The second-order valence-corrected chi connectivity index (χ2v) is 12.1. The van der Waals surface area contributed by atoms with Crippen molar-refractivity contribution in [2.45, 2.75) is 35.2 Å². The van der Waals surface area contributed by atoms with Gasteiger partial charge in [0.05, 0.1) is 26.6 Å². The molecular weight excluding hydrogens is 484 g/mol. The number of nitrogens with two attached hydrogens (primary N) is 1. The van der Waals surface area contributed by atoms with Crippen LogP contribution < -0.4 is 9.94 Å². The van der Waals surface area contributed by atoms with Gasteiger partial charge in [0.2, 0.25) is 20.0 Å². The summed E-state index contributed by atoms with van der Waals surface area (Å²) in [4.78, 5) is 17.3. The molecule has 0 unspecified atom stereocenters. The van der Waals surface area contributed by atoms with Gasteiger partial charge in [0.15, 0.2) is 4.80 Å². The summed E-state index contributed by atoms with van der Waals surface area (Å²) in [5.41, 5.74) is 0.819. The molecule has 0 atom stereocenters. The third-order valence-electron chi connectivity index (χ3n) is 5.27. The highest BCUT2D eigenvalue weighted by Crippen LogP contribution is 2.30. The molecule has 12 heteroatoms. The van der Waals surface area contributed by atoms with Crippen LogP contribution in [0.15, 0.2) is 57.2 Å². The Morgan fingerprint density at radius 3 is 2.39 bits per heavy atom. The quantitative estimate of drug-likeness (QED) is 0.508. The second-order valence-electron chi connectivity index (χ2n) is 7.54. The van der Waals surface area contributed by atoms with Crippen molar-refractivity contribution in [2.24, 2.45) is 10.1 Å². The molecule has 33 heavy (non-hydrogen) atoms. The summed E-state index contributed by atoms with van der Waals surface area (Å²) >= 11 is 1.10. The summed E-state index contributed by atoms with van der Waals surface area (Å²) in [6, 6.07) is 9.95. The Balaban J connectivity index is 1.71. The lowest BCUT2D eigenvalue weighted by atomic mass is 10.2. The van der Waals surface area contributed by atoms with Gasteiger partial charge in [0.1, 0.15) is 0 Å². The average molecular weight is 505 g/mol. The van der Waals surface area contributed by atoms with Crippen molar-refractivity contribution in [2.75, 3.05) is 7.05 Å². The van der Waals surface area contributed by atoms with Crippen molar-refractivity contribution in [3.05, 3.63) is 52.8 Å². The number of nitrogens with zero attached hydrogens (tertiary/aromatic N) is 3. The number of terminal acetylenes is 1. The van der Waals surface area contributed by atoms with Gasteiger partial charge in [-0.3, -0.25) is 4.79 Å². The molecule has 0 aliphatic heterocycles. The lowest BCUT2D eigenvalue weighted by Crippen LogP contribution is -2.28. The second kappa shape index (κ2) is 8.51. The van der Waals surface area contributed by atoms with Crippen LogP contribution in [0.2, 0.25) is 0 Å². The molecule has 1 amide bonds. The van der Waals surface area contributed by atoms with Crippen LogP contribution in [0.1, 0.15) is 23.2 Å². The third kappa shape index (κ3) is 4.64. The standard InChI is InChI=1S/C21H20N4O5S3/c1-3-12-25-18-11-10-17(32(22,27)28)13-19(18)31-21(25)23-20(26)14-4-8-16(9-5-14)33(29,30)24(2)15-6-7-15/h1,4-5,8-11,13,15H,6-7,12H2,2H3,(H2,22,27,28). The lowest BCUT2D eigenvalue weighted by Gasteiger charge is -2.16. The number of carbonyl (C=O) groups excluding carboxylic acids is 1. The first-order valence-corrected chi connectivity index (χ1v) is 13.6. The Labute approximate surface area is 195 Å². The molecule has 3 aromatic rings. The minimum atomic E-state index is -3.89. The average Bonchev–Trinajstić information content (AvgIpc) is 3.56. The van der Waals surface area contributed by atoms with E-state index in [4.69, 9.17) is 11.6 Å². The van der Waals surface area contributed by atoms with E-state index < -0.39 is 26.0 Å². The Kier molecular flexibility index (Phi) is 6.02. The first-order valence-electron chi connectivity index (χ1n) is 9.79. The monoisotopic (exact) mass is 504 g/mol. The molecule has 1 heterocycles. The van der Waals surface area contributed by atoms with E-state index >= 15 is 0 Å². The van der Waals surface area contributed by atoms with Crippen molar-refractivity contribution in [3.8, 4) is 12.3 Å². The Hall–Kier alpha value is -2.82. The van der Waals surface area contributed by atoms with Crippen molar-refractivity contribution in [1.29, 1.82) is 0 Å². The summed E-state index contributed by atoms with van der Waals surface area (Å²) < 4.78 is 52.1. The van der Waals surface area contributed by atoms with Crippen LogP contribution >= 0.6 is 11.3 Å². The minimum absolute atomic E-state index is 0.0284. The SMILES string of the molecule is C#CCn1c(=NC(=O)c2ccc(S(=O)(=O)N(C)C3CC3)cc2)sc2cc(S(N)(=O)=O)ccc21. The summed E-state index contributed by atoms with van der Waals surface area (Å²) in [6.45, 7) is 0.117. The number of thiazole rings is 1. The fourth-order valence-electron chi connectivity index (χ4n) is 3.28. The van der Waals surface area contributed by atoms with Gasteiger partial charge < -0.3 is 4.57 Å². The Morgan fingerprint density at radius 1 is 1.18 bits per heavy atom. The zero-order valence-corrected chi connectivity index (χ0v) is 20.0. The van der Waals surface area contributed by atoms with Crippen LogP contribution in [0.5, 0.6) is 0 Å². The van der Waals surface area contributed by atoms with Gasteiger partial charge in [-0.1, -0.05) is 17.3 Å². The Bertz CT molecular complexity index is 1570. The molecule has 0 saturated heterocycles.